The van der Waals surface area contributed by atoms with Gasteiger partial charge in [0.1, 0.15) is 5.75 Å². The van der Waals surface area contributed by atoms with Gasteiger partial charge in [-0.1, -0.05) is 31.4 Å². The van der Waals surface area contributed by atoms with Gasteiger partial charge in [0.15, 0.2) is 0 Å². The lowest BCUT2D eigenvalue weighted by Gasteiger charge is -2.29. The molecule has 1 N–H and O–H groups in total. The molecule has 1 aromatic rings. The van der Waals surface area contributed by atoms with Gasteiger partial charge in [-0.2, -0.15) is 0 Å². The standard InChI is InChI=1S/C15H20ClNO2/c1-2-12-6-4-3-5-9-17(12)15(19)11-7-8-14(18)13(16)10-11/h7-8,10,12,18H,2-6,9H2,1H3. The zero-order valence-corrected chi connectivity index (χ0v) is 12.0. The molecule has 0 bridgehead atoms. The number of nitrogens with zero attached hydrogens (tertiary/aromatic N) is 1. The van der Waals surface area contributed by atoms with E-state index < -0.39 is 0 Å². The predicted octanol–water partition coefficient (Wildman–Crippen LogP) is 3.84. The molecule has 4 heteroatoms. The molecule has 1 aliphatic rings. The summed E-state index contributed by atoms with van der Waals surface area (Å²) < 4.78 is 0. The first-order valence-electron chi connectivity index (χ1n) is 6.93. The zero-order chi connectivity index (χ0) is 13.8. The van der Waals surface area contributed by atoms with E-state index in [1.807, 2.05) is 4.90 Å². The Kier molecular flexibility index (Phi) is 4.70. The maximum Gasteiger partial charge on any atom is 0.254 e. The number of hydrogen-bond donors (Lipinski definition) is 1. The van der Waals surface area contributed by atoms with Gasteiger partial charge in [-0.05, 0) is 37.5 Å². The van der Waals surface area contributed by atoms with Crippen molar-refractivity contribution in [1.82, 2.24) is 4.90 Å². The van der Waals surface area contributed by atoms with E-state index in [0.29, 0.717) is 11.6 Å². The first-order valence-corrected chi connectivity index (χ1v) is 7.30. The smallest absolute Gasteiger partial charge is 0.254 e. The number of aromatic hydroxyl groups is 1. The third-order valence-electron chi connectivity index (χ3n) is 3.80. The molecule has 0 spiro atoms. The first kappa shape index (κ1) is 14.2. The molecule has 2 rings (SSSR count). The number of amides is 1. The van der Waals surface area contributed by atoms with Crippen molar-refractivity contribution < 1.29 is 9.90 Å². The van der Waals surface area contributed by atoms with E-state index in [4.69, 9.17) is 11.6 Å². The normalized spacial score (nSPS) is 20.1. The number of likely N-dealkylation sites (tertiary alicyclic amines) is 1. The monoisotopic (exact) mass is 281 g/mol. The average molecular weight is 282 g/mol. The fourth-order valence-corrected chi connectivity index (χ4v) is 2.86. The summed E-state index contributed by atoms with van der Waals surface area (Å²) in [5.74, 6) is 0.0387. The summed E-state index contributed by atoms with van der Waals surface area (Å²) in [7, 11) is 0. The van der Waals surface area contributed by atoms with Crippen LogP contribution < -0.4 is 0 Å². The Morgan fingerprint density at radius 2 is 2.21 bits per heavy atom. The lowest BCUT2D eigenvalue weighted by molar-refractivity contribution is 0.0678. The highest BCUT2D eigenvalue weighted by Crippen LogP contribution is 2.26. The van der Waals surface area contributed by atoms with Crippen molar-refractivity contribution in [3.8, 4) is 5.75 Å². The van der Waals surface area contributed by atoms with Crippen molar-refractivity contribution in [3.05, 3.63) is 28.8 Å². The Bertz CT molecular complexity index is 461. The van der Waals surface area contributed by atoms with Gasteiger partial charge in [0.25, 0.3) is 5.91 Å². The SMILES string of the molecule is CCC1CCCCCN1C(=O)c1ccc(O)c(Cl)c1. The molecule has 1 unspecified atom stereocenters. The van der Waals surface area contributed by atoms with Crippen LogP contribution in [0.3, 0.4) is 0 Å². The molecule has 1 fully saturated rings. The highest BCUT2D eigenvalue weighted by Gasteiger charge is 2.25. The number of halogens is 1. The lowest BCUT2D eigenvalue weighted by Crippen LogP contribution is -2.39. The van der Waals surface area contributed by atoms with Gasteiger partial charge in [-0.25, -0.2) is 0 Å². The van der Waals surface area contributed by atoms with Crippen LogP contribution in [0.25, 0.3) is 0 Å². The molecule has 0 aromatic heterocycles. The minimum atomic E-state index is 0.0149. The molecule has 1 aliphatic heterocycles. The van der Waals surface area contributed by atoms with E-state index in [1.54, 1.807) is 12.1 Å². The maximum absolute atomic E-state index is 12.6. The van der Waals surface area contributed by atoms with Gasteiger partial charge < -0.3 is 10.0 Å². The maximum atomic E-state index is 12.6. The van der Waals surface area contributed by atoms with Crippen LogP contribution in [0, 0.1) is 0 Å². The third kappa shape index (κ3) is 3.21. The highest BCUT2D eigenvalue weighted by molar-refractivity contribution is 6.32. The van der Waals surface area contributed by atoms with Gasteiger partial charge in [0.05, 0.1) is 5.02 Å². The van der Waals surface area contributed by atoms with Crippen molar-refractivity contribution in [2.75, 3.05) is 6.54 Å². The Labute approximate surface area is 119 Å². The Morgan fingerprint density at radius 1 is 1.42 bits per heavy atom. The quantitative estimate of drug-likeness (QED) is 0.895. The van der Waals surface area contributed by atoms with Crippen molar-refractivity contribution >= 4 is 17.5 Å². The summed E-state index contributed by atoms with van der Waals surface area (Å²) in [6, 6.07) is 4.99. The summed E-state index contributed by atoms with van der Waals surface area (Å²) >= 11 is 5.88. The molecule has 104 valence electrons. The Balaban J connectivity index is 2.22. The van der Waals surface area contributed by atoms with Gasteiger partial charge in [-0.15, -0.1) is 0 Å². The number of phenolic OH excluding ortho intramolecular Hbond substituents is 1. The molecule has 1 aromatic carbocycles. The van der Waals surface area contributed by atoms with Gasteiger partial charge in [0, 0.05) is 18.2 Å². The van der Waals surface area contributed by atoms with Crippen molar-refractivity contribution in [1.29, 1.82) is 0 Å². The zero-order valence-electron chi connectivity index (χ0n) is 11.2. The molecule has 1 amide bonds. The van der Waals surface area contributed by atoms with Gasteiger partial charge >= 0.3 is 0 Å². The summed E-state index contributed by atoms with van der Waals surface area (Å²) in [5, 5.41) is 9.65. The van der Waals surface area contributed by atoms with E-state index in [-0.39, 0.29) is 16.7 Å². The minimum Gasteiger partial charge on any atom is -0.506 e. The van der Waals surface area contributed by atoms with Crippen LogP contribution >= 0.6 is 11.6 Å². The highest BCUT2D eigenvalue weighted by atomic mass is 35.5. The van der Waals surface area contributed by atoms with Crippen LogP contribution in [-0.2, 0) is 0 Å². The van der Waals surface area contributed by atoms with Crippen LogP contribution in [-0.4, -0.2) is 28.5 Å². The molecule has 0 saturated carbocycles. The number of carbonyl (C=O) groups excluding carboxylic acids is 1. The molecule has 0 aliphatic carbocycles. The van der Waals surface area contributed by atoms with Crippen LogP contribution in [0.2, 0.25) is 5.02 Å². The second-order valence-corrected chi connectivity index (χ2v) is 5.48. The molecular weight excluding hydrogens is 262 g/mol. The van der Waals surface area contributed by atoms with Crippen molar-refractivity contribution in [2.24, 2.45) is 0 Å². The van der Waals surface area contributed by atoms with E-state index >= 15 is 0 Å². The van der Waals surface area contributed by atoms with E-state index in [0.717, 1.165) is 25.8 Å². The summed E-state index contributed by atoms with van der Waals surface area (Å²) in [4.78, 5) is 14.5. The first-order chi connectivity index (χ1) is 9.13. The molecule has 1 heterocycles. The molecule has 3 nitrogen and oxygen atoms in total. The summed E-state index contributed by atoms with van der Waals surface area (Å²) in [5.41, 5.74) is 0.558. The fraction of sp³-hybridized carbons (Fsp3) is 0.533. The fourth-order valence-electron chi connectivity index (χ4n) is 2.67. The lowest BCUT2D eigenvalue weighted by atomic mass is 10.1. The van der Waals surface area contributed by atoms with Gasteiger partial charge in [0.2, 0.25) is 0 Å². The number of phenols is 1. The number of carbonyl (C=O) groups is 1. The van der Waals surface area contributed by atoms with Crippen LogP contribution in [0.5, 0.6) is 5.75 Å². The summed E-state index contributed by atoms with van der Waals surface area (Å²) in [6.45, 7) is 2.94. The van der Waals surface area contributed by atoms with E-state index in [1.165, 1.54) is 18.9 Å². The number of hydrogen-bond acceptors (Lipinski definition) is 2. The minimum absolute atomic E-state index is 0.0149. The van der Waals surface area contributed by atoms with Crippen LogP contribution in [0.4, 0.5) is 0 Å². The van der Waals surface area contributed by atoms with Crippen molar-refractivity contribution in [3.63, 3.8) is 0 Å². The van der Waals surface area contributed by atoms with E-state index in [9.17, 15) is 9.90 Å². The third-order valence-corrected chi connectivity index (χ3v) is 4.11. The Morgan fingerprint density at radius 3 is 2.89 bits per heavy atom. The average Bonchev–Trinajstić information content (AvgIpc) is 2.66. The largest absolute Gasteiger partial charge is 0.506 e. The second-order valence-electron chi connectivity index (χ2n) is 5.08. The molecule has 1 saturated heterocycles. The predicted molar refractivity (Wildman–Crippen MR) is 76.7 cm³/mol. The van der Waals surface area contributed by atoms with Crippen molar-refractivity contribution in [2.45, 2.75) is 45.1 Å². The number of rotatable bonds is 2. The van der Waals surface area contributed by atoms with Gasteiger partial charge in [-0.3, -0.25) is 4.79 Å². The molecule has 0 radical (unpaired) electrons. The molecule has 1 atom stereocenters. The second kappa shape index (κ2) is 6.29. The molecule has 19 heavy (non-hydrogen) atoms. The van der Waals surface area contributed by atoms with Crippen LogP contribution in [0.1, 0.15) is 49.4 Å². The van der Waals surface area contributed by atoms with E-state index in [2.05, 4.69) is 6.92 Å². The number of benzene rings is 1. The molecular formula is C15H20ClNO2. The topological polar surface area (TPSA) is 40.5 Å². The summed E-state index contributed by atoms with van der Waals surface area (Å²) in [6.07, 6.45) is 5.51. The Hall–Kier alpha value is -1.22. The van der Waals surface area contributed by atoms with Crippen LogP contribution in [0.15, 0.2) is 18.2 Å².